The minimum absolute atomic E-state index is 0.0134. The van der Waals surface area contributed by atoms with Crippen molar-refractivity contribution in [3.05, 3.63) is 108 Å². The van der Waals surface area contributed by atoms with Crippen LogP contribution in [0.4, 0.5) is 4.79 Å². The molecule has 1 aliphatic heterocycles. The van der Waals surface area contributed by atoms with Crippen molar-refractivity contribution in [2.45, 2.75) is 89.8 Å². The number of amides is 1. The SMILES string of the molecule is COC(=O)[C@H](N)[C@H]1[C@H](OC(=O)[C@H](C)NC(=O)OC(C)(C)C)O[C@H](COCc2ccccc2)[C@H](OCc2ccccc2)[C@@H]1OCc1ccccc1. The molecule has 0 aromatic heterocycles. The molecule has 0 unspecified atom stereocenters. The van der Waals surface area contributed by atoms with E-state index in [2.05, 4.69) is 5.32 Å². The van der Waals surface area contributed by atoms with Crippen LogP contribution in [0.15, 0.2) is 91.0 Å². The quantitative estimate of drug-likeness (QED) is 0.169. The van der Waals surface area contributed by atoms with E-state index in [0.29, 0.717) is 0 Å². The van der Waals surface area contributed by atoms with Crippen molar-refractivity contribution >= 4 is 18.0 Å². The maximum atomic E-state index is 13.5. The zero-order valence-electron chi connectivity index (χ0n) is 29.2. The van der Waals surface area contributed by atoms with Crippen molar-refractivity contribution in [3.63, 3.8) is 0 Å². The maximum Gasteiger partial charge on any atom is 0.408 e. The van der Waals surface area contributed by atoms with Gasteiger partial charge < -0.3 is 44.2 Å². The van der Waals surface area contributed by atoms with Gasteiger partial charge >= 0.3 is 18.0 Å². The van der Waals surface area contributed by atoms with Crippen LogP contribution in [-0.4, -0.2) is 74.0 Å². The van der Waals surface area contributed by atoms with Crippen LogP contribution in [0.2, 0.25) is 0 Å². The Morgan fingerprint density at radius 1 is 0.780 bits per heavy atom. The second-order valence-electron chi connectivity index (χ2n) is 13.0. The van der Waals surface area contributed by atoms with Crippen molar-refractivity contribution in [2.24, 2.45) is 11.7 Å². The summed E-state index contributed by atoms with van der Waals surface area (Å²) >= 11 is 0. The molecule has 0 bridgehead atoms. The van der Waals surface area contributed by atoms with Crippen LogP contribution in [0.25, 0.3) is 0 Å². The van der Waals surface area contributed by atoms with Crippen molar-refractivity contribution in [3.8, 4) is 0 Å². The number of rotatable bonds is 15. The average molecular weight is 693 g/mol. The van der Waals surface area contributed by atoms with Gasteiger partial charge in [-0.1, -0.05) is 91.0 Å². The molecule has 0 aliphatic carbocycles. The Morgan fingerprint density at radius 3 is 1.78 bits per heavy atom. The van der Waals surface area contributed by atoms with Crippen molar-refractivity contribution < 1.29 is 47.5 Å². The summed E-state index contributed by atoms with van der Waals surface area (Å²) in [7, 11) is 1.21. The van der Waals surface area contributed by atoms with E-state index < -0.39 is 66.2 Å². The number of hydrogen-bond acceptors (Lipinski definition) is 11. The van der Waals surface area contributed by atoms with E-state index >= 15 is 0 Å². The molecule has 1 aliphatic rings. The number of carbonyl (C=O) groups is 3. The van der Waals surface area contributed by atoms with Crippen molar-refractivity contribution in [1.82, 2.24) is 5.32 Å². The third-order valence-corrected chi connectivity index (χ3v) is 7.86. The number of nitrogens with one attached hydrogen (secondary N) is 1. The number of hydrogen-bond donors (Lipinski definition) is 2. The Hall–Kier alpha value is -4.33. The Kier molecular flexibility index (Phi) is 14.3. The first-order chi connectivity index (χ1) is 23.9. The highest BCUT2D eigenvalue weighted by molar-refractivity contribution is 5.81. The molecule has 1 amide bonds. The molecule has 1 saturated heterocycles. The van der Waals surface area contributed by atoms with E-state index in [1.54, 1.807) is 20.8 Å². The summed E-state index contributed by atoms with van der Waals surface area (Å²) in [6.07, 6.45) is -4.89. The fourth-order valence-corrected chi connectivity index (χ4v) is 5.40. The number of ether oxygens (including phenoxy) is 7. The first kappa shape index (κ1) is 38.5. The molecule has 3 N–H and O–H groups in total. The molecular weight excluding hydrogens is 644 g/mol. The summed E-state index contributed by atoms with van der Waals surface area (Å²) < 4.78 is 41.9. The molecule has 12 heteroatoms. The lowest BCUT2D eigenvalue weighted by Crippen LogP contribution is -2.64. The van der Waals surface area contributed by atoms with E-state index in [1.807, 2.05) is 91.0 Å². The number of esters is 2. The molecule has 0 spiro atoms. The molecule has 12 nitrogen and oxygen atoms in total. The second-order valence-corrected chi connectivity index (χ2v) is 13.0. The van der Waals surface area contributed by atoms with Gasteiger partial charge in [-0.25, -0.2) is 9.59 Å². The van der Waals surface area contributed by atoms with Gasteiger partial charge in [-0.15, -0.1) is 0 Å². The molecule has 7 atom stereocenters. The van der Waals surface area contributed by atoms with Gasteiger partial charge in [-0.2, -0.15) is 0 Å². The maximum absolute atomic E-state index is 13.5. The van der Waals surface area contributed by atoms with Gasteiger partial charge in [0.1, 0.15) is 29.9 Å². The molecule has 4 rings (SSSR count). The van der Waals surface area contributed by atoms with E-state index in [9.17, 15) is 14.4 Å². The summed E-state index contributed by atoms with van der Waals surface area (Å²) in [6, 6.07) is 26.1. The largest absolute Gasteiger partial charge is 0.468 e. The predicted octanol–water partition coefficient (Wildman–Crippen LogP) is 4.67. The summed E-state index contributed by atoms with van der Waals surface area (Å²) in [6.45, 7) is 7.14. The van der Waals surface area contributed by atoms with Gasteiger partial charge in [0.15, 0.2) is 0 Å². The van der Waals surface area contributed by atoms with Crippen LogP contribution in [0, 0.1) is 5.92 Å². The molecule has 3 aromatic rings. The Morgan fingerprint density at radius 2 is 1.28 bits per heavy atom. The summed E-state index contributed by atoms with van der Waals surface area (Å²) in [5.41, 5.74) is 8.44. The highest BCUT2D eigenvalue weighted by Crippen LogP contribution is 2.35. The van der Waals surface area contributed by atoms with Crippen LogP contribution in [0.5, 0.6) is 0 Å². The fraction of sp³-hybridized carbons (Fsp3) is 0.447. The third kappa shape index (κ3) is 11.6. The van der Waals surface area contributed by atoms with E-state index in [1.165, 1.54) is 14.0 Å². The minimum Gasteiger partial charge on any atom is -0.468 e. The fourth-order valence-electron chi connectivity index (χ4n) is 5.40. The Labute approximate surface area is 293 Å². The lowest BCUT2D eigenvalue weighted by molar-refractivity contribution is -0.300. The molecule has 0 radical (unpaired) electrons. The molecule has 50 heavy (non-hydrogen) atoms. The van der Waals surface area contributed by atoms with Crippen LogP contribution < -0.4 is 11.1 Å². The summed E-state index contributed by atoms with van der Waals surface area (Å²) in [5, 5.41) is 2.48. The Balaban J connectivity index is 1.67. The van der Waals surface area contributed by atoms with Crippen LogP contribution >= 0.6 is 0 Å². The lowest BCUT2D eigenvalue weighted by atomic mass is 9.85. The smallest absolute Gasteiger partial charge is 0.408 e. The Bertz CT molecular complexity index is 1490. The van der Waals surface area contributed by atoms with Crippen LogP contribution in [-0.2, 0) is 62.6 Å². The number of methoxy groups -OCH3 is 1. The van der Waals surface area contributed by atoms with Gasteiger partial charge in [0, 0.05) is 0 Å². The predicted molar refractivity (Wildman–Crippen MR) is 183 cm³/mol. The number of nitrogens with two attached hydrogens (primary N) is 1. The van der Waals surface area contributed by atoms with Crippen LogP contribution in [0.1, 0.15) is 44.4 Å². The van der Waals surface area contributed by atoms with Gasteiger partial charge in [-0.05, 0) is 44.4 Å². The normalized spacial score (nSPS) is 21.8. The monoisotopic (exact) mass is 692 g/mol. The third-order valence-electron chi connectivity index (χ3n) is 7.86. The summed E-state index contributed by atoms with van der Waals surface area (Å²) in [5.74, 6) is -2.72. The zero-order valence-corrected chi connectivity index (χ0v) is 29.2. The van der Waals surface area contributed by atoms with Gasteiger partial charge in [0.25, 0.3) is 0 Å². The standard InChI is InChI=1S/C38H48N2O10/c1-25(40-37(43)50-38(2,3)4)34(41)49-36-30(31(39)35(42)44-5)33(47-23-28-19-13-8-14-20-28)32(46-22-27-17-11-7-12-18-27)29(48-36)24-45-21-26-15-9-6-10-16-26/h6-20,25,29-33,36H,21-24,39H2,1-5H3,(H,40,43)/t25-,29+,30+,31+,32-,33+,36-/m0/s1. The topological polar surface area (TPSA) is 154 Å². The first-order valence-corrected chi connectivity index (χ1v) is 16.6. The van der Waals surface area contributed by atoms with E-state index in [4.69, 9.17) is 38.9 Å². The van der Waals surface area contributed by atoms with Crippen LogP contribution in [0.3, 0.4) is 0 Å². The highest BCUT2D eigenvalue weighted by atomic mass is 16.7. The van der Waals surface area contributed by atoms with E-state index in [-0.39, 0.29) is 26.4 Å². The van der Waals surface area contributed by atoms with Gasteiger partial charge in [0.2, 0.25) is 6.29 Å². The van der Waals surface area contributed by atoms with Gasteiger partial charge in [-0.3, -0.25) is 4.79 Å². The lowest BCUT2D eigenvalue weighted by Gasteiger charge is -2.47. The highest BCUT2D eigenvalue weighted by Gasteiger charge is 2.53. The molecule has 0 saturated carbocycles. The average Bonchev–Trinajstić information content (AvgIpc) is 3.10. The number of benzene rings is 3. The van der Waals surface area contributed by atoms with Gasteiger partial charge in [0.05, 0.1) is 45.6 Å². The molecular formula is C38H48N2O10. The molecule has 3 aromatic carbocycles. The van der Waals surface area contributed by atoms with Crippen molar-refractivity contribution in [2.75, 3.05) is 13.7 Å². The summed E-state index contributed by atoms with van der Waals surface area (Å²) in [4.78, 5) is 39.0. The molecule has 1 heterocycles. The zero-order chi connectivity index (χ0) is 36.1. The van der Waals surface area contributed by atoms with E-state index in [0.717, 1.165) is 16.7 Å². The molecule has 1 fully saturated rings. The molecule has 270 valence electrons. The minimum atomic E-state index is -1.43. The first-order valence-electron chi connectivity index (χ1n) is 16.6. The number of carbonyl (C=O) groups excluding carboxylic acids is 3. The number of alkyl carbamates (subject to hydrolysis) is 1. The van der Waals surface area contributed by atoms with Crippen molar-refractivity contribution in [1.29, 1.82) is 0 Å². The second kappa shape index (κ2) is 18.6.